The first kappa shape index (κ1) is 26.8. The van der Waals surface area contributed by atoms with Crippen molar-refractivity contribution in [1.29, 1.82) is 0 Å². The van der Waals surface area contributed by atoms with E-state index >= 15 is 0 Å². The van der Waals surface area contributed by atoms with Crippen molar-refractivity contribution in [2.24, 2.45) is 0 Å². The molecule has 0 aliphatic carbocycles. The molecule has 1 N–H and O–H groups in total. The number of rotatable bonds is 7. The molecular formula is C37H36N2O2. The molecule has 5 aromatic rings. The molecular weight excluding hydrogens is 504 g/mol. The molecule has 1 saturated heterocycles. The molecule has 6 rings (SSSR count). The SMILES string of the molecule is COc1ccc(C2CCN(Cc3ccc4cc(NC(=O)c5ccc(-c6ccc(C)cc6)cc5)ccc4c3)CC2)cc1. The molecule has 0 bridgehead atoms. The molecule has 0 spiro atoms. The highest BCUT2D eigenvalue weighted by Crippen LogP contribution is 2.30. The lowest BCUT2D eigenvalue weighted by molar-refractivity contribution is 0.102. The van der Waals surface area contributed by atoms with E-state index in [0.29, 0.717) is 11.5 Å². The molecule has 0 unspecified atom stereocenters. The number of methoxy groups -OCH3 is 1. The van der Waals surface area contributed by atoms with Gasteiger partial charge in [0, 0.05) is 17.8 Å². The Kier molecular flexibility index (Phi) is 7.84. The Morgan fingerprint density at radius 3 is 2.10 bits per heavy atom. The summed E-state index contributed by atoms with van der Waals surface area (Å²) in [4.78, 5) is 15.5. The van der Waals surface area contributed by atoms with Crippen molar-refractivity contribution in [2.75, 3.05) is 25.5 Å². The number of aryl methyl sites for hydroxylation is 1. The third kappa shape index (κ3) is 6.34. The monoisotopic (exact) mass is 540 g/mol. The molecule has 1 fully saturated rings. The van der Waals surface area contributed by atoms with E-state index in [-0.39, 0.29) is 5.91 Å². The van der Waals surface area contributed by atoms with Crippen molar-refractivity contribution in [3.05, 3.63) is 131 Å². The van der Waals surface area contributed by atoms with Crippen molar-refractivity contribution in [2.45, 2.75) is 32.2 Å². The summed E-state index contributed by atoms with van der Waals surface area (Å²) in [6.45, 7) is 5.25. The van der Waals surface area contributed by atoms with Crippen LogP contribution in [0.15, 0.2) is 109 Å². The summed E-state index contributed by atoms with van der Waals surface area (Å²) in [5.74, 6) is 1.43. The van der Waals surface area contributed by atoms with Crippen LogP contribution < -0.4 is 10.1 Å². The lowest BCUT2D eigenvalue weighted by Gasteiger charge is -2.32. The molecule has 0 atom stereocenters. The van der Waals surface area contributed by atoms with E-state index in [0.717, 1.165) is 47.6 Å². The quantitative estimate of drug-likeness (QED) is 0.225. The zero-order chi connectivity index (χ0) is 28.2. The third-order valence-corrected chi connectivity index (χ3v) is 8.28. The summed E-state index contributed by atoms with van der Waals surface area (Å²) in [6, 6.07) is 37.6. The van der Waals surface area contributed by atoms with E-state index in [1.807, 2.05) is 30.3 Å². The number of hydrogen-bond donors (Lipinski definition) is 1. The summed E-state index contributed by atoms with van der Waals surface area (Å²) >= 11 is 0. The molecule has 0 aromatic heterocycles. The van der Waals surface area contributed by atoms with Gasteiger partial charge in [-0.3, -0.25) is 9.69 Å². The highest BCUT2D eigenvalue weighted by Gasteiger charge is 2.21. The Morgan fingerprint density at radius 2 is 1.41 bits per heavy atom. The minimum atomic E-state index is -0.102. The van der Waals surface area contributed by atoms with Gasteiger partial charge in [-0.25, -0.2) is 0 Å². The number of carbonyl (C=O) groups is 1. The lowest BCUT2D eigenvalue weighted by atomic mass is 9.89. The second-order valence-corrected chi connectivity index (χ2v) is 11.1. The van der Waals surface area contributed by atoms with Crippen LogP contribution >= 0.6 is 0 Å². The minimum Gasteiger partial charge on any atom is -0.497 e. The third-order valence-electron chi connectivity index (χ3n) is 8.28. The van der Waals surface area contributed by atoms with Gasteiger partial charge < -0.3 is 10.1 Å². The summed E-state index contributed by atoms with van der Waals surface area (Å²) in [7, 11) is 1.71. The highest BCUT2D eigenvalue weighted by atomic mass is 16.5. The first-order valence-electron chi connectivity index (χ1n) is 14.4. The molecule has 4 nitrogen and oxygen atoms in total. The summed E-state index contributed by atoms with van der Waals surface area (Å²) in [5, 5.41) is 5.38. The highest BCUT2D eigenvalue weighted by molar-refractivity contribution is 6.05. The van der Waals surface area contributed by atoms with E-state index < -0.39 is 0 Å². The van der Waals surface area contributed by atoms with Crippen LogP contribution in [0.3, 0.4) is 0 Å². The van der Waals surface area contributed by atoms with Gasteiger partial charge in [0.25, 0.3) is 5.91 Å². The molecule has 1 heterocycles. The van der Waals surface area contributed by atoms with E-state index in [4.69, 9.17) is 4.74 Å². The van der Waals surface area contributed by atoms with Gasteiger partial charge in [-0.2, -0.15) is 0 Å². The fourth-order valence-electron chi connectivity index (χ4n) is 5.79. The van der Waals surface area contributed by atoms with E-state index in [1.54, 1.807) is 7.11 Å². The van der Waals surface area contributed by atoms with Crippen LogP contribution in [0.1, 0.15) is 45.8 Å². The Balaban J connectivity index is 1.05. The molecule has 41 heavy (non-hydrogen) atoms. The Hall–Kier alpha value is -4.41. The number of nitrogens with zero attached hydrogens (tertiary/aromatic N) is 1. The number of benzene rings is 5. The number of piperidine rings is 1. The number of fused-ring (bicyclic) bond motifs is 1. The second kappa shape index (κ2) is 12.0. The molecule has 0 radical (unpaired) electrons. The van der Waals surface area contributed by atoms with Crippen molar-refractivity contribution in [3.63, 3.8) is 0 Å². The molecule has 1 aliphatic heterocycles. The van der Waals surface area contributed by atoms with Crippen LogP contribution in [0, 0.1) is 6.92 Å². The minimum absolute atomic E-state index is 0.102. The summed E-state index contributed by atoms with van der Waals surface area (Å²) in [5.41, 5.74) is 7.67. The smallest absolute Gasteiger partial charge is 0.255 e. The lowest BCUT2D eigenvalue weighted by Crippen LogP contribution is -2.32. The first-order chi connectivity index (χ1) is 20.0. The average molecular weight is 541 g/mol. The maximum Gasteiger partial charge on any atom is 0.255 e. The molecule has 0 saturated carbocycles. The number of nitrogens with one attached hydrogen (secondary N) is 1. The van der Waals surface area contributed by atoms with Crippen molar-refractivity contribution >= 4 is 22.4 Å². The largest absolute Gasteiger partial charge is 0.497 e. The number of hydrogen-bond acceptors (Lipinski definition) is 3. The summed E-state index contributed by atoms with van der Waals surface area (Å²) < 4.78 is 5.30. The zero-order valence-electron chi connectivity index (χ0n) is 23.8. The van der Waals surface area contributed by atoms with Crippen molar-refractivity contribution < 1.29 is 9.53 Å². The number of ether oxygens (including phenoxy) is 1. The fourth-order valence-corrected chi connectivity index (χ4v) is 5.79. The van der Waals surface area contributed by atoms with Gasteiger partial charge in [0.1, 0.15) is 5.75 Å². The van der Waals surface area contributed by atoms with Gasteiger partial charge in [-0.05, 0) is 114 Å². The van der Waals surface area contributed by atoms with Gasteiger partial charge in [0.2, 0.25) is 0 Å². The number of likely N-dealkylation sites (tertiary alicyclic amines) is 1. The van der Waals surface area contributed by atoms with Gasteiger partial charge in [0.15, 0.2) is 0 Å². The van der Waals surface area contributed by atoms with Crippen molar-refractivity contribution in [1.82, 2.24) is 4.90 Å². The molecule has 1 amide bonds. The Morgan fingerprint density at radius 1 is 0.780 bits per heavy atom. The first-order valence-corrected chi connectivity index (χ1v) is 14.4. The van der Waals surface area contributed by atoms with Gasteiger partial charge in [-0.1, -0.05) is 72.3 Å². The van der Waals surface area contributed by atoms with Crippen LogP contribution in [0.25, 0.3) is 21.9 Å². The molecule has 4 heteroatoms. The normalized spacial score (nSPS) is 14.2. The van der Waals surface area contributed by atoms with Crippen LogP contribution in [0.4, 0.5) is 5.69 Å². The van der Waals surface area contributed by atoms with Gasteiger partial charge >= 0.3 is 0 Å². The van der Waals surface area contributed by atoms with E-state index in [9.17, 15) is 4.79 Å². The second-order valence-electron chi connectivity index (χ2n) is 11.1. The summed E-state index contributed by atoms with van der Waals surface area (Å²) in [6.07, 6.45) is 2.36. The number of anilines is 1. The predicted octanol–water partition coefficient (Wildman–Crippen LogP) is 8.46. The van der Waals surface area contributed by atoms with Gasteiger partial charge in [0.05, 0.1) is 7.11 Å². The predicted molar refractivity (Wildman–Crippen MR) is 169 cm³/mol. The Labute approximate surface area is 242 Å². The maximum atomic E-state index is 12.9. The number of carbonyl (C=O) groups excluding carboxylic acids is 1. The Bertz CT molecular complexity index is 1630. The topological polar surface area (TPSA) is 41.6 Å². The maximum absolute atomic E-state index is 12.9. The standard InChI is InChI=1S/C37H36N2O2/c1-26-3-6-28(7-4-26)29-9-11-32(12-10-29)37(40)38-35-16-13-33-23-27(5-8-34(33)24-35)25-39-21-19-31(20-22-39)30-14-17-36(41-2)18-15-30/h3-18,23-24,31H,19-22,25H2,1-2H3,(H,38,40). The fraction of sp³-hybridized carbons (Fsp3) is 0.216. The average Bonchev–Trinajstić information content (AvgIpc) is 3.02. The van der Waals surface area contributed by atoms with Crippen LogP contribution in [-0.4, -0.2) is 31.0 Å². The van der Waals surface area contributed by atoms with Crippen molar-refractivity contribution in [3.8, 4) is 16.9 Å². The van der Waals surface area contributed by atoms with Gasteiger partial charge in [-0.15, -0.1) is 0 Å². The van der Waals surface area contributed by atoms with Crippen LogP contribution in [-0.2, 0) is 6.54 Å². The van der Waals surface area contributed by atoms with E-state index in [1.165, 1.54) is 34.9 Å². The van der Waals surface area contributed by atoms with Crippen LogP contribution in [0.2, 0.25) is 0 Å². The van der Waals surface area contributed by atoms with E-state index in [2.05, 4.69) is 96.0 Å². The number of amides is 1. The molecule has 206 valence electrons. The molecule has 1 aliphatic rings. The molecule has 5 aromatic carbocycles. The van der Waals surface area contributed by atoms with Crippen LogP contribution in [0.5, 0.6) is 5.75 Å². The zero-order valence-corrected chi connectivity index (χ0v) is 23.8.